The van der Waals surface area contributed by atoms with E-state index in [1.807, 2.05) is 0 Å². The normalized spacial score (nSPS) is 17.4. The van der Waals surface area contributed by atoms with Gasteiger partial charge >= 0.3 is 0 Å². The van der Waals surface area contributed by atoms with E-state index in [9.17, 15) is 4.39 Å². The van der Waals surface area contributed by atoms with Crippen LogP contribution in [0.2, 0.25) is 5.02 Å². The Balaban J connectivity index is 0.000000980. The van der Waals surface area contributed by atoms with Gasteiger partial charge in [-0.05, 0) is 36.5 Å². The maximum atomic E-state index is 12.8. The standard InChI is InChI=1S/C10H11ClFN.ClH/c11-8-5-7(3-4-9(8)12)10(13)6-1-2-6;/h3-6,10H,1-2,13H2;1H/t10-;/m1./s1. The molecular formula is C10H12Cl2FN. The van der Waals surface area contributed by atoms with Gasteiger partial charge in [0.15, 0.2) is 0 Å². The van der Waals surface area contributed by atoms with E-state index in [-0.39, 0.29) is 29.3 Å². The third-order valence-electron chi connectivity index (χ3n) is 2.46. The summed E-state index contributed by atoms with van der Waals surface area (Å²) in [4.78, 5) is 0. The lowest BCUT2D eigenvalue weighted by Gasteiger charge is -2.10. The summed E-state index contributed by atoms with van der Waals surface area (Å²) < 4.78 is 12.8. The van der Waals surface area contributed by atoms with Gasteiger partial charge in [0, 0.05) is 6.04 Å². The van der Waals surface area contributed by atoms with E-state index in [1.165, 1.54) is 18.9 Å². The molecule has 2 N–H and O–H groups in total. The molecule has 1 aliphatic rings. The van der Waals surface area contributed by atoms with Gasteiger partial charge in [0.2, 0.25) is 0 Å². The monoisotopic (exact) mass is 235 g/mol. The second-order valence-electron chi connectivity index (χ2n) is 3.54. The Morgan fingerprint density at radius 1 is 1.43 bits per heavy atom. The topological polar surface area (TPSA) is 26.0 Å². The highest BCUT2D eigenvalue weighted by molar-refractivity contribution is 6.30. The number of benzene rings is 1. The fraction of sp³-hybridized carbons (Fsp3) is 0.400. The van der Waals surface area contributed by atoms with Crippen molar-refractivity contribution in [2.24, 2.45) is 11.7 Å². The van der Waals surface area contributed by atoms with Crippen molar-refractivity contribution in [2.75, 3.05) is 0 Å². The average molecular weight is 236 g/mol. The Hall–Kier alpha value is -0.310. The molecule has 0 unspecified atom stereocenters. The molecule has 0 aromatic heterocycles. The molecule has 0 aliphatic heterocycles. The van der Waals surface area contributed by atoms with Gasteiger partial charge in [-0.1, -0.05) is 17.7 Å². The third-order valence-corrected chi connectivity index (χ3v) is 2.75. The maximum Gasteiger partial charge on any atom is 0.141 e. The van der Waals surface area contributed by atoms with Crippen LogP contribution in [0, 0.1) is 11.7 Å². The van der Waals surface area contributed by atoms with Gasteiger partial charge in [-0.25, -0.2) is 4.39 Å². The second kappa shape index (κ2) is 4.47. The molecule has 0 saturated heterocycles. The molecule has 14 heavy (non-hydrogen) atoms. The van der Waals surface area contributed by atoms with E-state index in [0.29, 0.717) is 5.92 Å². The van der Waals surface area contributed by atoms with Crippen LogP contribution >= 0.6 is 24.0 Å². The average Bonchev–Trinajstić information content (AvgIpc) is 2.91. The molecule has 1 aliphatic carbocycles. The highest BCUT2D eigenvalue weighted by Crippen LogP contribution is 2.39. The molecule has 0 spiro atoms. The molecule has 0 bridgehead atoms. The van der Waals surface area contributed by atoms with Gasteiger partial charge in [-0.2, -0.15) is 0 Å². The summed E-state index contributed by atoms with van der Waals surface area (Å²) in [5.74, 6) is 0.190. The zero-order valence-corrected chi connectivity index (χ0v) is 9.11. The van der Waals surface area contributed by atoms with Gasteiger partial charge in [0.25, 0.3) is 0 Å². The fourth-order valence-corrected chi connectivity index (χ4v) is 1.64. The lowest BCUT2D eigenvalue weighted by molar-refractivity contribution is 0.613. The van der Waals surface area contributed by atoms with Gasteiger partial charge < -0.3 is 5.73 Å². The lowest BCUT2D eigenvalue weighted by Crippen LogP contribution is -2.12. The van der Waals surface area contributed by atoms with Crippen molar-refractivity contribution in [3.8, 4) is 0 Å². The predicted molar refractivity (Wildman–Crippen MR) is 58.3 cm³/mol. The Morgan fingerprint density at radius 3 is 2.57 bits per heavy atom. The van der Waals surface area contributed by atoms with E-state index in [2.05, 4.69) is 0 Å². The van der Waals surface area contributed by atoms with Crippen molar-refractivity contribution in [3.63, 3.8) is 0 Å². The smallest absolute Gasteiger partial charge is 0.141 e. The molecule has 1 atom stereocenters. The molecule has 1 aromatic rings. The number of halogens is 3. The number of nitrogens with two attached hydrogens (primary N) is 1. The third kappa shape index (κ3) is 2.38. The maximum absolute atomic E-state index is 12.8. The van der Waals surface area contributed by atoms with Gasteiger partial charge in [-0.15, -0.1) is 12.4 Å². The number of hydrogen-bond acceptors (Lipinski definition) is 1. The highest BCUT2D eigenvalue weighted by atomic mass is 35.5. The van der Waals surface area contributed by atoms with Crippen LogP contribution in [0.25, 0.3) is 0 Å². The molecule has 1 fully saturated rings. The first-order valence-corrected chi connectivity index (χ1v) is 4.77. The fourth-order valence-electron chi connectivity index (χ4n) is 1.45. The minimum atomic E-state index is -0.381. The first-order chi connectivity index (χ1) is 6.18. The van der Waals surface area contributed by atoms with Crippen LogP contribution in [0.4, 0.5) is 4.39 Å². The number of hydrogen-bond donors (Lipinski definition) is 1. The zero-order valence-electron chi connectivity index (χ0n) is 7.54. The van der Waals surface area contributed by atoms with Gasteiger partial charge in [0.1, 0.15) is 5.82 Å². The molecule has 0 radical (unpaired) electrons. The summed E-state index contributed by atoms with van der Waals surface area (Å²) in [5, 5.41) is 0.161. The van der Waals surface area contributed by atoms with Crippen molar-refractivity contribution in [2.45, 2.75) is 18.9 Å². The van der Waals surface area contributed by atoms with Crippen LogP contribution in [-0.2, 0) is 0 Å². The summed E-state index contributed by atoms with van der Waals surface area (Å²) in [6, 6.07) is 4.74. The summed E-state index contributed by atoms with van der Waals surface area (Å²) in [6.45, 7) is 0. The van der Waals surface area contributed by atoms with Crippen molar-refractivity contribution < 1.29 is 4.39 Å². The summed E-state index contributed by atoms with van der Waals surface area (Å²) in [5.41, 5.74) is 6.88. The minimum absolute atomic E-state index is 0. The van der Waals surface area contributed by atoms with Crippen molar-refractivity contribution in [1.29, 1.82) is 0 Å². The van der Waals surface area contributed by atoms with Gasteiger partial charge in [-0.3, -0.25) is 0 Å². The molecule has 78 valence electrons. The van der Waals surface area contributed by atoms with Crippen molar-refractivity contribution in [3.05, 3.63) is 34.6 Å². The summed E-state index contributed by atoms with van der Waals surface area (Å²) in [7, 11) is 0. The van der Waals surface area contributed by atoms with Crippen molar-refractivity contribution >= 4 is 24.0 Å². The van der Waals surface area contributed by atoms with E-state index < -0.39 is 0 Å². The SMILES string of the molecule is Cl.N[C@@H](c1ccc(F)c(Cl)c1)C1CC1. The van der Waals surface area contributed by atoms with Crippen LogP contribution < -0.4 is 5.73 Å². The molecule has 0 heterocycles. The van der Waals surface area contributed by atoms with Gasteiger partial charge in [0.05, 0.1) is 5.02 Å². The Bertz CT molecular complexity index is 326. The Labute approximate surface area is 93.8 Å². The van der Waals surface area contributed by atoms with Crippen LogP contribution in [0.15, 0.2) is 18.2 Å². The molecule has 4 heteroatoms. The molecule has 0 amide bonds. The van der Waals surface area contributed by atoms with Crippen LogP contribution in [0.1, 0.15) is 24.4 Å². The first-order valence-electron chi connectivity index (χ1n) is 4.39. The van der Waals surface area contributed by atoms with E-state index >= 15 is 0 Å². The highest BCUT2D eigenvalue weighted by Gasteiger charge is 2.29. The number of rotatable bonds is 2. The van der Waals surface area contributed by atoms with E-state index in [0.717, 1.165) is 5.56 Å². The molecule has 1 aromatic carbocycles. The van der Waals surface area contributed by atoms with E-state index in [4.69, 9.17) is 17.3 Å². The second-order valence-corrected chi connectivity index (χ2v) is 3.94. The quantitative estimate of drug-likeness (QED) is 0.837. The van der Waals surface area contributed by atoms with Crippen LogP contribution in [0.3, 0.4) is 0 Å². The predicted octanol–water partition coefficient (Wildman–Crippen LogP) is 3.31. The molecular weight excluding hydrogens is 224 g/mol. The minimum Gasteiger partial charge on any atom is -0.324 e. The molecule has 1 saturated carbocycles. The summed E-state index contributed by atoms with van der Waals surface area (Å²) >= 11 is 5.65. The van der Waals surface area contributed by atoms with E-state index in [1.54, 1.807) is 12.1 Å². The Morgan fingerprint density at radius 2 is 2.07 bits per heavy atom. The lowest BCUT2D eigenvalue weighted by atomic mass is 10.0. The zero-order chi connectivity index (χ0) is 9.42. The largest absolute Gasteiger partial charge is 0.324 e. The first kappa shape index (κ1) is 11.8. The van der Waals surface area contributed by atoms with Crippen molar-refractivity contribution in [1.82, 2.24) is 0 Å². The molecule has 2 rings (SSSR count). The van der Waals surface area contributed by atoms with Crippen LogP contribution in [-0.4, -0.2) is 0 Å². The summed E-state index contributed by atoms with van der Waals surface area (Å²) in [6.07, 6.45) is 2.35. The van der Waals surface area contributed by atoms with Crippen LogP contribution in [0.5, 0.6) is 0 Å². The molecule has 1 nitrogen and oxygen atoms in total. The Kier molecular flexibility index (Phi) is 3.76.